The number of unbranched alkanes of at least 4 members (excludes halogenated alkanes) is 9. The van der Waals surface area contributed by atoms with E-state index in [1.54, 1.807) is 0 Å². The maximum atomic E-state index is 12.6. The number of aliphatic hydroxyl groups excluding tert-OH is 2. The van der Waals surface area contributed by atoms with E-state index in [1.807, 2.05) is 18.2 Å². The lowest BCUT2D eigenvalue weighted by atomic mass is 9.66. The van der Waals surface area contributed by atoms with Gasteiger partial charge >= 0.3 is 0 Å². The molecule has 0 spiro atoms. The number of aliphatic hydroxyl groups is 2. The molecule has 0 aromatic heterocycles. The molecule has 33 heavy (non-hydrogen) atoms. The molecule has 1 atom stereocenters. The molecule has 4 N–H and O–H groups in total. The van der Waals surface area contributed by atoms with Crippen molar-refractivity contribution in [2.75, 3.05) is 13.2 Å². The standard InChI is InChI=1S/C29H49NO3/c1-2-3-4-5-6-7-8-9-10-11-12-13-17-20-27(25-26-18-15-14-16-19-26)29(21-23-31,22-24-32)28(30)33/h9-10,14-16,18-19,27,31-32H,2-8,11-13,17,20-25H2,1H3,(H2,30,33)/b10-9+. The molecule has 4 heteroatoms. The van der Waals surface area contributed by atoms with Crippen LogP contribution in [-0.2, 0) is 11.2 Å². The van der Waals surface area contributed by atoms with Crippen molar-refractivity contribution in [1.82, 2.24) is 0 Å². The van der Waals surface area contributed by atoms with Gasteiger partial charge in [0.05, 0.1) is 5.41 Å². The van der Waals surface area contributed by atoms with E-state index in [9.17, 15) is 15.0 Å². The second kappa shape index (κ2) is 18.7. The first-order chi connectivity index (χ1) is 16.1. The van der Waals surface area contributed by atoms with Crippen molar-refractivity contribution < 1.29 is 15.0 Å². The molecule has 1 rings (SSSR count). The van der Waals surface area contributed by atoms with E-state index >= 15 is 0 Å². The van der Waals surface area contributed by atoms with E-state index in [0.29, 0.717) is 12.8 Å². The first-order valence-electron chi connectivity index (χ1n) is 13.3. The van der Waals surface area contributed by atoms with Crippen LogP contribution in [0.15, 0.2) is 42.5 Å². The Balaban J connectivity index is 2.51. The molecule has 1 aromatic rings. The predicted octanol–water partition coefficient (Wildman–Crippen LogP) is 6.34. The summed E-state index contributed by atoms with van der Waals surface area (Å²) in [6, 6.07) is 10.2. The van der Waals surface area contributed by atoms with Gasteiger partial charge in [0, 0.05) is 13.2 Å². The zero-order valence-electron chi connectivity index (χ0n) is 21.0. The van der Waals surface area contributed by atoms with Crippen LogP contribution in [0.4, 0.5) is 0 Å². The van der Waals surface area contributed by atoms with Crippen LogP contribution >= 0.6 is 0 Å². The Morgan fingerprint density at radius 3 is 1.97 bits per heavy atom. The minimum Gasteiger partial charge on any atom is -0.396 e. The molecule has 188 valence electrons. The quantitative estimate of drug-likeness (QED) is 0.148. The van der Waals surface area contributed by atoms with Gasteiger partial charge in [0.15, 0.2) is 0 Å². The van der Waals surface area contributed by atoms with E-state index in [4.69, 9.17) is 5.73 Å². The number of rotatable bonds is 21. The van der Waals surface area contributed by atoms with Gasteiger partial charge in [-0.25, -0.2) is 0 Å². The highest BCUT2D eigenvalue weighted by Crippen LogP contribution is 2.40. The second-order valence-corrected chi connectivity index (χ2v) is 9.52. The van der Waals surface area contributed by atoms with Crippen molar-refractivity contribution in [3.8, 4) is 0 Å². The topological polar surface area (TPSA) is 83.6 Å². The van der Waals surface area contributed by atoms with Crippen molar-refractivity contribution in [3.05, 3.63) is 48.0 Å². The zero-order chi connectivity index (χ0) is 24.2. The zero-order valence-corrected chi connectivity index (χ0v) is 21.0. The van der Waals surface area contributed by atoms with Gasteiger partial charge in [-0.15, -0.1) is 0 Å². The average Bonchev–Trinajstić information content (AvgIpc) is 2.81. The minimum atomic E-state index is -0.865. The highest BCUT2D eigenvalue weighted by atomic mass is 16.3. The van der Waals surface area contributed by atoms with Gasteiger partial charge < -0.3 is 15.9 Å². The summed E-state index contributed by atoms with van der Waals surface area (Å²) in [6.45, 7) is 2.06. The summed E-state index contributed by atoms with van der Waals surface area (Å²) in [5, 5.41) is 19.4. The molecule has 0 saturated heterocycles. The number of primary amides is 1. The summed E-state index contributed by atoms with van der Waals surface area (Å²) in [5.41, 5.74) is 6.18. The molecule has 0 heterocycles. The van der Waals surface area contributed by atoms with Crippen molar-refractivity contribution >= 4 is 5.91 Å². The smallest absolute Gasteiger partial charge is 0.224 e. The molecule has 1 aromatic carbocycles. The second-order valence-electron chi connectivity index (χ2n) is 9.52. The summed E-state index contributed by atoms with van der Waals surface area (Å²) in [5.74, 6) is -0.385. The Morgan fingerprint density at radius 1 is 0.879 bits per heavy atom. The van der Waals surface area contributed by atoms with Crippen LogP contribution in [0.25, 0.3) is 0 Å². The molecular formula is C29H49NO3. The van der Waals surface area contributed by atoms with Crippen LogP contribution in [0, 0.1) is 11.3 Å². The summed E-state index contributed by atoms with van der Waals surface area (Å²) < 4.78 is 0. The maximum absolute atomic E-state index is 12.6. The molecule has 0 fully saturated rings. The highest BCUT2D eigenvalue weighted by molar-refractivity contribution is 5.81. The SMILES string of the molecule is CCCCCCCC/C=C/CCCCCC(Cc1ccccc1)C(CCO)(CCO)C(N)=O. The number of benzene rings is 1. The Hall–Kier alpha value is -1.65. The van der Waals surface area contributed by atoms with Crippen LogP contribution in [0.1, 0.15) is 102 Å². The maximum Gasteiger partial charge on any atom is 0.224 e. The lowest BCUT2D eigenvalue weighted by Gasteiger charge is -2.38. The van der Waals surface area contributed by atoms with Crippen molar-refractivity contribution in [1.29, 1.82) is 0 Å². The minimum absolute atomic E-state index is 0.0138. The molecule has 4 nitrogen and oxygen atoms in total. The fourth-order valence-corrected chi connectivity index (χ4v) is 4.96. The Kier molecular flexibility index (Phi) is 16.7. The lowest BCUT2D eigenvalue weighted by molar-refractivity contribution is -0.134. The Bertz CT molecular complexity index is 623. The number of allylic oxidation sites excluding steroid dienone is 2. The monoisotopic (exact) mass is 459 g/mol. The number of carbonyl (C=O) groups is 1. The Labute approximate surface area is 202 Å². The fourth-order valence-electron chi connectivity index (χ4n) is 4.96. The summed E-state index contributed by atoms with van der Waals surface area (Å²) in [7, 11) is 0. The van der Waals surface area contributed by atoms with E-state index < -0.39 is 11.3 Å². The van der Waals surface area contributed by atoms with Gasteiger partial charge in [-0.3, -0.25) is 4.79 Å². The third-order valence-corrected chi connectivity index (χ3v) is 7.03. The number of nitrogens with two attached hydrogens (primary N) is 1. The summed E-state index contributed by atoms with van der Waals surface area (Å²) in [4.78, 5) is 12.6. The molecular weight excluding hydrogens is 410 g/mol. The van der Waals surface area contributed by atoms with Gasteiger partial charge in [0.2, 0.25) is 5.91 Å². The molecule has 1 unspecified atom stereocenters. The molecule has 0 saturated carbocycles. The fraction of sp³-hybridized carbons (Fsp3) is 0.690. The number of carbonyl (C=O) groups excluding carboxylic acids is 1. The van der Waals surface area contributed by atoms with Crippen molar-refractivity contribution in [2.24, 2.45) is 17.1 Å². The molecule has 0 radical (unpaired) electrons. The molecule has 1 amide bonds. The number of amides is 1. The first kappa shape index (κ1) is 29.4. The third kappa shape index (κ3) is 11.9. The predicted molar refractivity (Wildman–Crippen MR) is 139 cm³/mol. The molecule has 0 aliphatic carbocycles. The van der Waals surface area contributed by atoms with Crippen LogP contribution in [0.5, 0.6) is 0 Å². The summed E-state index contributed by atoms with van der Waals surface area (Å²) in [6.07, 6.45) is 20.5. The van der Waals surface area contributed by atoms with Gasteiger partial charge in [-0.05, 0) is 62.8 Å². The molecule has 0 aliphatic heterocycles. The highest BCUT2D eigenvalue weighted by Gasteiger charge is 2.42. The van der Waals surface area contributed by atoms with Crippen molar-refractivity contribution in [3.63, 3.8) is 0 Å². The van der Waals surface area contributed by atoms with E-state index in [1.165, 1.54) is 50.5 Å². The third-order valence-electron chi connectivity index (χ3n) is 7.03. The van der Waals surface area contributed by atoms with Gasteiger partial charge in [0.1, 0.15) is 0 Å². The van der Waals surface area contributed by atoms with Crippen LogP contribution in [-0.4, -0.2) is 29.3 Å². The average molecular weight is 460 g/mol. The lowest BCUT2D eigenvalue weighted by Crippen LogP contribution is -2.45. The van der Waals surface area contributed by atoms with E-state index in [-0.39, 0.29) is 19.1 Å². The molecule has 0 bridgehead atoms. The van der Waals surface area contributed by atoms with E-state index in [2.05, 4.69) is 31.2 Å². The Morgan fingerprint density at radius 2 is 1.42 bits per heavy atom. The van der Waals surface area contributed by atoms with Gasteiger partial charge in [-0.2, -0.15) is 0 Å². The van der Waals surface area contributed by atoms with Crippen LogP contribution in [0.3, 0.4) is 0 Å². The normalized spacial score (nSPS) is 12.9. The number of hydrogen-bond donors (Lipinski definition) is 3. The summed E-state index contributed by atoms with van der Waals surface area (Å²) >= 11 is 0. The van der Waals surface area contributed by atoms with Crippen LogP contribution in [0.2, 0.25) is 0 Å². The van der Waals surface area contributed by atoms with Crippen molar-refractivity contribution in [2.45, 2.75) is 103 Å². The number of hydrogen-bond acceptors (Lipinski definition) is 3. The van der Waals surface area contributed by atoms with Gasteiger partial charge in [-0.1, -0.05) is 94.4 Å². The first-order valence-corrected chi connectivity index (χ1v) is 13.3. The van der Waals surface area contributed by atoms with Crippen LogP contribution < -0.4 is 5.73 Å². The largest absolute Gasteiger partial charge is 0.396 e. The van der Waals surface area contributed by atoms with Gasteiger partial charge in [0.25, 0.3) is 0 Å². The molecule has 0 aliphatic rings. The van der Waals surface area contributed by atoms with E-state index in [0.717, 1.165) is 38.5 Å².